The van der Waals surface area contributed by atoms with E-state index in [2.05, 4.69) is 91.0 Å². The normalized spacial score (nSPS) is 18.6. The Morgan fingerprint density at radius 1 is 0.595 bits per heavy atom. The Labute approximate surface area is 231 Å². The highest BCUT2D eigenvalue weighted by molar-refractivity contribution is 7.87. The van der Waals surface area contributed by atoms with Crippen LogP contribution < -0.4 is 10.6 Å². The number of hydrogen-bond acceptors (Lipinski definition) is 0. The minimum atomic E-state index is -0.303. The predicted octanol–water partition coefficient (Wildman–Crippen LogP) is 8.94. The van der Waals surface area contributed by atoms with Crippen LogP contribution in [0.4, 0.5) is 0 Å². The van der Waals surface area contributed by atoms with Gasteiger partial charge < -0.3 is 0 Å². The lowest BCUT2D eigenvalue weighted by atomic mass is 9.99. The molecule has 0 N–H and O–H groups in total. The molecule has 0 amide bonds. The van der Waals surface area contributed by atoms with Gasteiger partial charge in [0.05, 0.1) is 9.19 Å². The second-order valence-electron chi connectivity index (χ2n) is 11.3. The summed E-state index contributed by atoms with van der Waals surface area (Å²) in [7, 11) is -0.0469. The van der Waals surface area contributed by atoms with E-state index in [1.54, 1.807) is 41.9 Å². The number of hydrogen-bond donors (Lipinski definition) is 0. The second-order valence-corrected chi connectivity index (χ2v) is 20.7. The molecule has 2 saturated carbocycles. The van der Waals surface area contributed by atoms with E-state index >= 15 is 0 Å². The van der Waals surface area contributed by atoms with E-state index in [0.29, 0.717) is 7.47 Å². The molecule has 3 aromatic carbocycles. The van der Waals surface area contributed by atoms with Crippen molar-refractivity contribution in [3.8, 4) is 0 Å². The maximum Gasteiger partial charge on any atom is 0.0503 e. The summed E-state index contributed by atoms with van der Waals surface area (Å²) in [4.78, 5) is 0. The maximum atomic E-state index is 2.44. The molecule has 0 aromatic heterocycles. The molecule has 0 radical (unpaired) electrons. The van der Waals surface area contributed by atoms with Crippen LogP contribution in [-0.2, 0) is 0 Å². The van der Waals surface area contributed by atoms with E-state index < -0.39 is 0 Å². The van der Waals surface area contributed by atoms with Gasteiger partial charge in [-0.2, -0.15) is 0 Å². The van der Waals surface area contributed by atoms with Gasteiger partial charge in [0.2, 0.25) is 0 Å². The highest BCUT2D eigenvalue weighted by Crippen LogP contribution is 2.56. The van der Waals surface area contributed by atoms with Crippen molar-refractivity contribution in [2.75, 3.05) is 6.16 Å². The summed E-state index contributed by atoms with van der Waals surface area (Å²) < 4.78 is 0. The summed E-state index contributed by atoms with van der Waals surface area (Å²) in [5.74, 6) is 0.752. The summed E-state index contributed by atoms with van der Waals surface area (Å²) in [6.07, 6.45) is 18.0. The molecule has 2 aliphatic carbocycles. The molecule has 0 bridgehead atoms. The van der Waals surface area contributed by atoms with Crippen molar-refractivity contribution in [3.05, 3.63) is 96.6 Å². The van der Waals surface area contributed by atoms with Crippen LogP contribution in [0.2, 0.25) is 6.04 Å². The molecule has 3 aromatic rings. The molecular formula is C34H46P2Si. The zero-order chi connectivity index (χ0) is 25.1. The summed E-state index contributed by atoms with van der Waals surface area (Å²) in [6.45, 7) is 0. The monoisotopic (exact) mass is 544 g/mol. The van der Waals surface area contributed by atoms with Crippen molar-refractivity contribution in [1.29, 1.82) is 0 Å². The first-order chi connectivity index (χ1) is 18.4. The van der Waals surface area contributed by atoms with E-state index in [-0.39, 0.29) is 17.1 Å². The highest BCUT2D eigenvalue weighted by atomic mass is 31.4. The van der Waals surface area contributed by atoms with Crippen LogP contribution >= 0.6 is 15.4 Å². The molecule has 37 heavy (non-hydrogen) atoms. The first kappa shape index (κ1) is 27.3. The second kappa shape index (κ2) is 14.8. The van der Waals surface area contributed by atoms with Crippen LogP contribution in [0.1, 0.15) is 82.1 Å². The molecule has 3 heteroatoms. The van der Waals surface area contributed by atoms with Crippen LogP contribution in [-0.4, -0.2) is 26.7 Å². The van der Waals surface area contributed by atoms with Crippen molar-refractivity contribution in [2.45, 2.75) is 93.9 Å². The van der Waals surface area contributed by atoms with Crippen LogP contribution in [0.5, 0.6) is 0 Å². The third kappa shape index (κ3) is 7.88. The molecule has 0 nitrogen and oxygen atoms in total. The molecule has 0 heterocycles. The Morgan fingerprint density at radius 2 is 1.05 bits per heavy atom. The summed E-state index contributed by atoms with van der Waals surface area (Å²) in [5.41, 5.74) is 3.87. The molecule has 196 valence electrons. The average molecular weight is 545 g/mol. The van der Waals surface area contributed by atoms with Crippen LogP contribution in [0.25, 0.3) is 0 Å². The quantitative estimate of drug-likeness (QED) is 0.167. The van der Waals surface area contributed by atoms with Gasteiger partial charge in [0.15, 0.2) is 0 Å². The summed E-state index contributed by atoms with van der Waals surface area (Å²) in [6, 6.07) is 35.9. The fraction of sp³-hybridized carbons (Fsp3) is 0.471. The smallest absolute Gasteiger partial charge is 0.0503 e. The molecule has 2 aliphatic rings. The van der Waals surface area contributed by atoms with E-state index in [1.165, 1.54) is 57.2 Å². The molecule has 0 saturated heterocycles. The fourth-order valence-corrected chi connectivity index (χ4v) is 20.2. The Bertz CT molecular complexity index is 956. The van der Waals surface area contributed by atoms with Crippen molar-refractivity contribution >= 4 is 35.2 Å². The van der Waals surface area contributed by atoms with Crippen molar-refractivity contribution < 1.29 is 0 Å². The Kier molecular flexibility index (Phi) is 10.9. The Morgan fingerprint density at radius 3 is 1.54 bits per heavy atom. The zero-order valence-electron chi connectivity index (χ0n) is 22.7. The van der Waals surface area contributed by atoms with Gasteiger partial charge in [-0.15, -0.1) is 7.47 Å². The highest BCUT2D eigenvalue weighted by Gasteiger charge is 2.31. The first-order valence-electron chi connectivity index (χ1n) is 15.1. The first-order valence-corrected chi connectivity index (χ1v) is 21.2. The molecule has 5 rings (SSSR count). The van der Waals surface area contributed by atoms with Gasteiger partial charge in [0, 0.05) is 0 Å². The SMILES string of the molecule is c1ccc(C(CCP(c2ccccc2)c2ccccc2)C[SiH2]P(C2CCCCC2)C2CCCCC2)cc1. The predicted molar refractivity (Wildman–Crippen MR) is 172 cm³/mol. The lowest BCUT2D eigenvalue weighted by Gasteiger charge is -2.39. The average Bonchev–Trinajstić information content (AvgIpc) is 2.99. The molecular weight excluding hydrogens is 498 g/mol. The van der Waals surface area contributed by atoms with Gasteiger partial charge >= 0.3 is 0 Å². The zero-order valence-corrected chi connectivity index (χ0v) is 25.9. The van der Waals surface area contributed by atoms with Crippen molar-refractivity contribution in [2.24, 2.45) is 0 Å². The van der Waals surface area contributed by atoms with E-state index in [9.17, 15) is 0 Å². The molecule has 1 unspecified atom stereocenters. The van der Waals surface area contributed by atoms with Crippen molar-refractivity contribution in [1.82, 2.24) is 0 Å². The maximum absolute atomic E-state index is 2.44. The Hall–Kier alpha value is -1.26. The third-order valence-electron chi connectivity index (χ3n) is 8.93. The van der Waals surface area contributed by atoms with Gasteiger partial charge in [-0.25, -0.2) is 0 Å². The van der Waals surface area contributed by atoms with Crippen molar-refractivity contribution in [3.63, 3.8) is 0 Å². The van der Waals surface area contributed by atoms with Gasteiger partial charge in [0.25, 0.3) is 0 Å². The Balaban J connectivity index is 1.33. The summed E-state index contributed by atoms with van der Waals surface area (Å²) >= 11 is 0. The molecule has 0 aliphatic heterocycles. The van der Waals surface area contributed by atoms with Crippen LogP contribution in [0, 0.1) is 0 Å². The number of benzene rings is 3. The lowest BCUT2D eigenvalue weighted by molar-refractivity contribution is 0.488. The van der Waals surface area contributed by atoms with Crippen LogP contribution in [0.3, 0.4) is 0 Å². The van der Waals surface area contributed by atoms with Gasteiger partial charge in [-0.1, -0.05) is 136 Å². The minimum Gasteiger partial charge on any atom is -0.119 e. The van der Waals surface area contributed by atoms with Gasteiger partial charge in [-0.05, 0) is 79.6 Å². The fourth-order valence-electron chi connectivity index (χ4n) is 6.90. The van der Waals surface area contributed by atoms with Gasteiger partial charge in [-0.3, -0.25) is 0 Å². The summed E-state index contributed by atoms with van der Waals surface area (Å²) in [5, 5.41) is 3.08. The third-order valence-corrected chi connectivity index (χ3v) is 21.3. The van der Waals surface area contributed by atoms with Gasteiger partial charge in [0.1, 0.15) is 0 Å². The van der Waals surface area contributed by atoms with Crippen LogP contribution in [0.15, 0.2) is 91.0 Å². The molecule has 1 atom stereocenters. The van der Waals surface area contributed by atoms with E-state index in [4.69, 9.17) is 0 Å². The molecule has 2 fully saturated rings. The number of rotatable bonds is 11. The topological polar surface area (TPSA) is 0 Å². The minimum absolute atomic E-state index is 0.0541. The van der Waals surface area contributed by atoms with E-state index in [1.807, 2.05) is 0 Å². The largest absolute Gasteiger partial charge is 0.119 e. The van der Waals surface area contributed by atoms with E-state index in [0.717, 1.165) is 17.2 Å². The molecule has 0 spiro atoms. The standard InChI is InChI=1S/C34H46P2Si/c1-6-16-29(17-7-1)30(26-27-35(31-18-8-2-9-19-31)32-20-10-3-11-21-32)28-37-36(33-22-12-4-13-23-33)34-24-14-5-15-25-34/h1-3,6-11,16-21,30,33-34H,4-5,12-15,22-28,37H2. The lowest BCUT2D eigenvalue weighted by Crippen LogP contribution is -2.24.